The molecule has 0 fully saturated rings. The molecule has 0 amide bonds. The molecule has 0 atom stereocenters. The van der Waals surface area contributed by atoms with Crippen molar-refractivity contribution in [2.45, 2.75) is 20.0 Å². The molecular weight excluding hydrogens is 312 g/mol. The van der Waals surface area contributed by atoms with Crippen molar-refractivity contribution in [1.29, 1.82) is 0 Å². The highest BCUT2D eigenvalue weighted by atomic mass is 16.5. The Balaban J connectivity index is 1.70. The molecule has 4 nitrogen and oxygen atoms in total. The molecule has 3 rings (SSSR count). The van der Waals surface area contributed by atoms with Gasteiger partial charge in [0, 0.05) is 17.1 Å². The second kappa shape index (κ2) is 7.62. The van der Waals surface area contributed by atoms with Gasteiger partial charge in [-0.15, -0.1) is 0 Å². The Bertz CT molecular complexity index is 812. The zero-order chi connectivity index (χ0) is 17.6. The van der Waals surface area contributed by atoms with E-state index in [0.29, 0.717) is 0 Å². The molecule has 0 spiro atoms. The van der Waals surface area contributed by atoms with Gasteiger partial charge in [0.25, 0.3) is 0 Å². The van der Waals surface area contributed by atoms with Crippen molar-refractivity contribution in [3.8, 4) is 11.5 Å². The summed E-state index contributed by atoms with van der Waals surface area (Å²) in [6.07, 6.45) is 0.125. The third kappa shape index (κ3) is 4.67. The summed E-state index contributed by atoms with van der Waals surface area (Å²) in [5.41, 5.74) is 3.82. The minimum Gasteiger partial charge on any atom is -0.508 e. The maximum Gasteiger partial charge on any atom is 0.143 e. The SMILES string of the molecule is CC(C)Oc1ccccc1Nc1ccc(Nc2ccc(O)cc2)cc1. The van der Waals surface area contributed by atoms with E-state index in [1.807, 2.05) is 74.5 Å². The predicted molar refractivity (Wildman–Crippen MR) is 103 cm³/mol. The Hall–Kier alpha value is -3.14. The lowest BCUT2D eigenvalue weighted by Gasteiger charge is -2.15. The summed E-state index contributed by atoms with van der Waals surface area (Å²) in [4.78, 5) is 0. The third-order valence-electron chi connectivity index (χ3n) is 3.57. The van der Waals surface area contributed by atoms with Gasteiger partial charge < -0.3 is 20.5 Å². The largest absolute Gasteiger partial charge is 0.508 e. The van der Waals surface area contributed by atoms with E-state index in [0.717, 1.165) is 28.5 Å². The van der Waals surface area contributed by atoms with E-state index in [1.165, 1.54) is 0 Å². The maximum absolute atomic E-state index is 9.33. The zero-order valence-corrected chi connectivity index (χ0v) is 14.4. The molecule has 3 aromatic rings. The molecular formula is C21H22N2O2. The Morgan fingerprint density at radius 2 is 1.24 bits per heavy atom. The van der Waals surface area contributed by atoms with Crippen molar-refractivity contribution in [3.63, 3.8) is 0 Å². The number of aromatic hydroxyl groups is 1. The maximum atomic E-state index is 9.33. The van der Waals surface area contributed by atoms with Crippen LogP contribution in [0.1, 0.15) is 13.8 Å². The molecule has 0 aliphatic rings. The zero-order valence-electron chi connectivity index (χ0n) is 14.4. The topological polar surface area (TPSA) is 53.5 Å². The fourth-order valence-electron chi connectivity index (χ4n) is 2.43. The van der Waals surface area contributed by atoms with Crippen LogP contribution < -0.4 is 15.4 Å². The Labute approximate surface area is 148 Å². The van der Waals surface area contributed by atoms with Crippen LogP contribution in [0.15, 0.2) is 72.8 Å². The van der Waals surface area contributed by atoms with Crippen LogP contribution in [0.2, 0.25) is 0 Å². The van der Waals surface area contributed by atoms with Gasteiger partial charge in [-0.1, -0.05) is 12.1 Å². The van der Waals surface area contributed by atoms with Crippen LogP contribution in [0.5, 0.6) is 11.5 Å². The van der Waals surface area contributed by atoms with E-state index in [4.69, 9.17) is 4.74 Å². The van der Waals surface area contributed by atoms with Gasteiger partial charge in [0.05, 0.1) is 11.8 Å². The average Bonchev–Trinajstić information content (AvgIpc) is 2.60. The number of benzene rings is 3. The van der Waals surface area contributed by atoms with Crippen LogP contribution in [-0.4, -0.2) is 11.2 Å². The Morgan fingerprint density at radius 1 is 0.720 bits per heavy atom. The first-order valence-electron chi connectivity index (χ1n) is 8.29. The molecule has 3 N–H and O–H groups in total. The van der Waals surface area contributed by atoms with Gasteiger partial charge >= 0.3 is 0 Å². The van der Waals surface area contributed by atoms with E-state index < -0.39 is 0 Å². The summed E-state index contributed by atoms with van der Waals surface area (Å²) in [5.74, 6) is 1.09. The number of rotatable bonds is 6. The van der Waals surface area contributed by atoms with Gasteiger partial charge in [-0.3, -0.25) is 0 Å². The summed E-state index contributed by atoms with van der Waals surface area (Å²) in [6.45, 7) is 4.03. The van der Waals surface area contributed by atoms with Gasteiger partial charge in [-0.05, 0) is 74.5 Å². The second-order valence-corrected chi connectivity index (χ2v) is 6.04. The van der Waals surface area contributed by atoms with Crippen LogP contribution in [0.25, 0.3) is 0 Å². The molecule has 0 aromatic heterocycles. The fourth-order valence-corrected chi connectivity index (χ4v) is 2.43. The lowest BCUT2D eigenvalue weighted by molar-refractivity contribution is 0.244. The number of phenols is 1. The smallest absolute Gasteiger partial charge is 0.143 e. The highest BCUT2D eigenvalue weighted by Crippen LogP contribution is 2.29. The molecule has 4 heteroatoms. The van der Waals surface area contributed by atoms with Crippen molar-refractivity contribution < 1.29 is 9.84 Å². The third-order valence-corrected chi connectivity index (χ3v) is 3.57. The van der Waals surface area contributed by atoms with Crippen molar-refractivity contribution in [2.75, 3.05) is 10.6 Å². The highest BCUT2D eigenvalue weighted by molar-refractivity contribution is 5.69. The molecule has 0 saturated carbocycles. The first-order chi connectivity index (χ1) is 12.1. The molecule has 0 unspecified atom stereocenters. The highest BCUT2D eigenvalue weighted by Gasteiger charge is 2.05. The van der Waals surface area contributed by atoms with Gasteiger partial charge in [0.15, 0.2) is 0 Å². The summed E-state index contributed by atoms with van der Waals surface area (Å²) in [5, 5.41) is 16.0. The van der Waals surface area contributed by atoms with Crippen molar-refractivity contribution in [3.05, 3.63) is 72.8 Å². The van der Waals surface area contributed by atoms with E-state index in [1.54, 1.807) is 12.1 Å². The number of ether oxygens (including phenoxy) is 1. The number of anilines is 4. The van der Waals surface area contributed by atoms with Crippen molar-refractivity contribution >= 4 is 22.7 Å². The van der Waals surface area contributed by atoms with E-state index >= 15 is 0 Å². The number of nitrogens with one attached hydrogen (secondary N) is 2. The molecule has 25 heavy (non-hydrogen) atoms. The first kappa shape index (κ1) is 16.7. The lowest BCUT2D eigenvalue weighted by atomic mass is 10.2. The van der Waals surface area contributed by atoms with Crippen molar-refractivity contribution in [2.24, 2.45) is 0 Å². The van der Waals surface area contributed by atoms with Crippen LogP contribution in [0, 0.1) is 0 Å². The predicted octanol–water partition coefficient (Wildman–Crippen LogP) is 5.67. The summed E-state index contributed by atoms with van der Waals surface area (Å²) in [6, 6.07) is 22.9. The quantitative estimate of drug-likeness (QED) is 0.509. The fraction of sp³-hybridized carbons (Fsp3) is 0.143. The average molecular weight is 334 g/mol. The summed E-state index contributed by atoms with van der Waals surface area (Å²) in [7, 11) is 0. The molecule has 0 saturated heterocycles. The summed E-state index contributed by atoms with van der Waals surface area (Å²) < 4.78 is 5.83. The Morgan fingerprint density at radius 3 is 1.84 bits per heavy atom. The van der Waals surface area contributed by atoms with Crippen LogP contribution >= 0.6 is 0 Å². The lowest BCUT2D eigenvalue weighted by Crippen LogP contribution is -2.07. The standard InChI is InChI=1S/C21H22N2O2/c1-15(2)25-21-6-4-3-5-20(21)23-18-9-7-16(8-10-18)22-17-11-13-19(24)14-12-17/h3-15,22-24H,1-2H3. The minimum absolute atomic E-state index is 0.125. The van der Waals surface area contributed by atoms with Crippen LogP contribution in [0.3, 0.4) is 0 Å². The van der Waals surface area contributed by atoms with Gasteiger partial charge in [-0.2, -0.15) is 0 Å². The Kier molecular flexibility index (Phi) is 5.09. The van der Waals surface area contributed by atoms with Crippen molar-refractivity contribution in [1.82, 2.24) is 0 Å². The normalized spacial score (nSPS) is 10.5. The molecule has 0 aliphatic carbocycles. The van der Waals surface area contributed by atoms with E-state index in [-0.39, 0.29) is 11.9 Å². The van der Waals surface area contributed by atoms with Gasteiger partial charge in [-0.25, -0.2) is 0 Å². The summed E-state index contributed by atoms with van der Waals surface area (Å²) >= 11 is 0. The second-order valence-electron chi connectivity index (χ2n) is 6.04. The molecule has 0 heterocycles. The number of phenolic OH excluding ortho intramolecular Hbond substituents is 1. The van der Waals surface area contributed by atoms with Gasteiger partial charge in [0.1, 0.15) is 11.5 Å². The number of hydrogen-bond acceptors (Lipinski definition) is 4. The van der Waals surface area contributed by atoms with Crippen LogP contribution in [0.4, 0.5) is 22.7 Å². The minimum atomic E-state index is 0.125. The van der Waals surface area contributed by atoms with E-state index in [9.17, 15) is 5.11 Å². The molecule has 0 bridgehead atoms. The molecule has 0 aliphatic heterocycles. The molecule has 0 radical (unpaired) electrons. The van der Waals surface area contributed by atoms with E-state index in [2.05, 4.69) is 10.6 Å². The number of para-hydroxylation sites is 2. The van der Waals surface area contributed by atoms with Crippen LogP contribution in [-0.2, 0) is 0 Å². The first-order valence-corrected chi connectivity index (χ1v) is 8.29. The molecule has 128 valence electrons. The number of hydrogen-bond donors (Lipinski definition) is 3. The molecule has 3 aromatic carbocycles. The monoisotopic (exact) mass is 334 g/mol. The van der Waals surface area contributed by atoms with Gasteiger partial charge in [0.2, 0.25) is 0 Å².